The van der Waals surface area contributed by atoms with Gasteiger partial charge in [0.15, 0.2) is 5.78 Å². The number of aromatic amines is 2. The monoisotopic (exact) mass is 412 g/mol. The molecule has 0 fully saturated rings. The van der Waals surface area contributed by atoms with Crippen molar-refractivity contribution in [1.29, 1.82) is 0 Å². The summed E-state index contributed by atoms with van der Waals surface area (Å²) in [4.78, 5) is 21.3. The van der Waals surface area contributed by atoms with Crippen LogP contribution in [0.3, 0.4) is 0 Å². The fourth-order valence-electron chi connectivity index (χ4n) is 4.52. The van der Waals surface area contributed by atoms with Gasteiger partial charge >= 0.3 is 0 Å². The van der Waals surface area contributed by atoms with Gasteiger partial charge in [0.25, 0.3) is 0 Å². The van der Waals surface area contributed by atoms with Gasteiger partial charge in [0.05, 0.1) is 22.5 Å². The molecule has 0 saturated heterocycles. The zero-order chi connectivity index (χ0) is 21.5. The molecule has 0 atom stereocenters. The van der Waals surface area contributed by atoms with Crippen LogP contribution in [0, 0.1) is 0 Å². The molecule has 0 bridgehead atoms. The van der Waals surface area contributed by atoms with Crippen molar-refractivity contribution in [3.63, 3.8) is 0 Å². The number of H-pyrrole nitrogens is 2. The molecule has 0 spiro atoms. The van der Waals surface area contributed by atoms with E-state index in [9.17, 15) is 4.79 Å². The van der Waals surface area contributed by atoms with Crippen molar-refractivity contribution in [3.8, 4) is 22.5 Å². The molecule has 2 aromatic heterocycles. The summed E-state index contributed by atoms with van der Waals surface area (Å²) in [6.07, 6.45) is 0. The van der Waals surface area contributed by atoms with Gasteiger partial charge < -0.3 is 9.97 Å². The number of rotatable bonds is 4. The molecule has 0 aliphatic carbocycles. The standard InChI is InChI=1S/C29H20N2O/c32-29(25-21-15-7-9-17-23(21)30-27(25)19-11-3-1-4-12-19)26-22-16-8-10-18-24(22)31-28(26)20-13-5-2-6-14-20/h1-18,30-31H. The van der Waals surface area contributed by atoms with Crippen LogP contribution in [-0.4, -0.2) is 15.8 Å². The van der Waals surface area contributed by atoms with Crippen LogP contribution in [0.4, 0.5) is 0 Å². The molecule has 0 unspecified atom stereocenters. The van der Waals surface area contributed by atoms with E-state index in [4.69, 9.17) is 0 Å². The molecule has 2 heterocycles. The summed E-state index contributed by atoms with van der Waals surface area (Å²) in [5.74, 6) is 0.0117. The lowest BCUT2D eigenvalue weighted by molar-refractivity contribution is 0.104. The van der Waals surface area contributed by atoms with Crippen molar-refractivity contribution in [3.05, 3.63) is 120 Å². The van der Waals surface area contributed by atoms with E-state index in [1.807, 2.05) is 109 Å². The molecule has 0 amide bonds. The average Bonchev–Trinajstić information content (AvgIpc) is 3.44. The number of hydrogen-bond donors (Lipinski definition) is 2. The molecule has 3 nitrogen and oxygen atoms in total. The Morgan fingerprint density at radius 3 is 1.28 bits per heavy atom. The topological polar surface area (TPSA) is 48.6 Å². The molecule has 3 heteroatoms. The summed E-state index contributed by atoms with van der Waals surface area (Å²) < 4.78 is 0. The zero-order valence-corrected chi connectivity index (χ0v) is 17.3. The number of aromatic nitrogens is 2. The number of hydrogen-bond acceptors (Lipinski definition) is 1. The minimum Gasteiger partial charge on any atom is -0.354 e. The van der Waals surface area contributed by atoms with E-state index in [1.165, 1.54) is 0 Å². The molecule has 2 N–H and O–H groups in total. The third-order valence-electron chi connectivity index (χ3n) is 5.99. The van der Waals surface area contributed by atoms with E-state index < -0.39 is 0 Å². The summed E-state index contributed by atoms with van der Waals surface area (Å²) in [5, 5.41) is 1.86. The summed E-state index contributed by atoms with van der Waals surface area (Å²) in [6, 6.07) is 36.1. The summed E-state index contributed by atoms with van der Waals surface area (Å²) in [7, 11) is 0. The second-order valence-electron chi connectivity index (χ2n) is 7.90. The SMILES string of the molecule is O=C(c1c(-c2ccccc2)[nH]c2ccccc12)c1c(-c2ccccc2)[nH]c2ccccc12. The first-order chi connectivity index (χ1) is 15.8. The van der Waals surface area contributed by atoms with E-state index in [1.54, 1.807) is 0 Å². The van der Waals surface area contributed by atoms with E-state index in [-0.39, 0.29) is 5.78 Å². The second kappa shape index (κ2) is 7.40. The Hall–Kier alpha value is -4.37. The van der Waals surface area contributed by atoms with Crippen molar-refractivity contribution >= 4 is 27.6 Å². The van der Waals surface area contributed by atoms with Crippen molar-refractivity contribution in [2.24, 2.45) is 0 Å². The first kappa shape index (κ1) is 18.4. The van der Waals surface area contributed by atoms with Gasteiger partial charge in [0, 0.05) is 21.8 Å². The van der Waals surface area contributed by atoms with Crippen LogP contribution in [-0.2, 0) is 0 Å². The van der Waals surface area contributed by atoms with E-state index in [2.05, 4.69) is 9.97 Å². The summed E-state index contributed by atoms with van der Waals surface area (Å²) >= 11 is 0. The highest BCUT2D eigenvalue weighted by Gasteiger charge is 2.26. The fourth-order valence-corrected chi connectivity index (χ4v) is 4.52. The van der Waals surface area contributed by atoms with Gasteiger partial charge in [-0.05, 0) is 23.3 Å². The molecule has 32 heavy (non-hydrogen) atoms. The van der Waals surface area contributed by atoms with Crippen molar-refractivity contribution in [2.45, 2.75) is 0 Å². The van der Waals surface area contributed by atoms with E-state index in [0.717, 1.165) is 44.3 Å². The van der Waals surface area contributed by atoms with E-state index in [0.29, 0.717) is 11.1 Å². The van der Waals surface area contributed by atoms with Crippen molar-refractivity contribution in [2.75, 3.05) is 0 Å². The maximum atomic E-state index is 14.3. The predicted molar refractivity (Wildman–Crippen MR) is 131 cm³/mol. The van der Waals surface area contributed by atoms with Crippen LogP contribution >= 0.6 is 0 Å². The van der Waals surface area contributed by atoms with Crippen molar-refractivity contribution < 1.29 is 4.79 Å². The maximum absolute atomic E-state index is 14.3. The first-order valence-electron chi connectivity index (χ1n) is 10.7. The lowest BCUT2D eigenvalue weighted by Gasteiger charge is -2.08. The number of carbonyl (C=O) groups is 1. The molecule has 6 aromatic rings. The number of nitrogens with one attached hydrogen (secondary N) is 2. The molecule has 0 saturated carbocycles. The van der Waals surface area contributed by atoms with Gasteiger partial charge in [0.1, 0.15) is 0 Å². The molecule has 0 radical (unpaired) electrons. The lowest BCUT2D eigenvalue weighted by atomic mass is 9.93. The number of carbonyl (C=O) groups excluding carboxylic acids is 1. The molecule has 0 aliphatic rings. The Kier molecular flexibility index (Phi) is 4.25. The summed E-state index contributed by atoms with van der Waals surface area (Å²) in [6.45, 7) is 0. The highest BCUT2D eigenvalue weighted by atomic mass is 16.1. The third-order valence-corrected chi connectivity index (χ3v) is 5.99. The average molecular weight is 412 g/mol. The minimum atomic E-state index is 0.0117. The Morgan fingerprint density at radius 2 is 0.844 bits per heavy atom. The van der Waals surface area contributed by atoms with Gasteiger partial charge in [0.2, 0.25) is 0 Å². The number of ketones is 1. The number of benzene rings is 4. The smallest absolute Gasteiger partial charge is 0.198 e. The third kappa shape index (κ3) is 2.87. The Morgan fingerprint density at radius 1 is 0.469 bits per heavy atom. The molecular weight excluding hydrogens is 392 g/mol. The number of para-hydroxylation sites is 2. The highest BCUT2D eigenvalue weighted by molar-refractivity contribution is 6.27. The second-order valence-corrected chi connectivity index (χ2v) is 7.90. The Balaban J connectivity index is 1.66. The predicted octanol–water partition coefficient (Wildman–Crippen LogP) is 7.21. The maximum Gasteiger partial charge on any atom is 0.198 e. The fraction of sp³-hybridized carbons (Fsp3) is 0. The normalized spacial score (nSPS) is 11.2. The molecule has 0 aliphatic heterocycles. The largest absolute Gasteiger partial charge is 0.354 e. The number of fused-ring (bicyclic) bond motifs is 2. The van der Waals surface area contributed by atoms with E-state index >= 15 is 0 Å². The molecule has 152 valence electrons. The summed E-state index contributed by atoms with van der Waals surface area (Å²) in [5.41, 5.74) is 7.00. The van der Waals surface area contributed by atoms with Gasteiger partial charge in [-0.15, -0.1) is 0 Å². The molecule has 4 aromatic carbocycles. The van der Waals surface area contributed by atoms with Crippen LogP contribution in [0.2, 0.25) is 0 Å². The van der Waals surface area contributed by atoms with Crippen LogP contribution in [0.25, 0.3) is 44.3 Å². The zero-order valence-electron chi connectivity index (χ0n) is 17.3. The Bertz CT molecular complexity index is 1450. The van der Waals surface area contributed by atoms with Crippen molar-refractivity contribution in [1.82, 2.24) is 9.97 Å². The van der Waals surface area contributed by atoms with Gasteiger partial charge in [-0.1, -0.05) is 97.1 Å². The van der Waals surface area contributed by atoms with Gasteiger partial charge in [-0.3, -0.25) is 4.79 Å². The van der Waals surface area contributed by atoms with Crippen LogP contribution in [0.15, 0.2) is 109 Å². The minimum absolute atomic E-state index is 0.0117. The van der Waals surface area contributed by atoms with Crippen LogP contribution in [0.1, 0.15) is 15.9 Å². The first-order valence-corrected chi connectivity index (χ1v) is 10.7. The highest BCUT2D eigenvalue weighted by Crippen LogP contribution is 2.37. The lowest BCUT2D eigenvalue weighted by Crippen LogP contribution is -2.04. The quantitative estimate of drug-likeness (QED) is 0.295. The van der Waals surface area contributed by atoms with Crippen LogP contribution < -0.4 is 0 Å². The van der Waals surface area contributed by atoms with Gasteiger partial charge in [-0.2, -0.15) is 0 Å². The van der Waals surface area contributed by atoms with Crippen LogP contribution in [0.5, 0.6) is 0 Å². The molecule has 6 rings (SSSR count). The van der Waals surface area contributed by atoms with Gasteiger partial charge in [-0.25, -0.2) is 0 Å². The Labute approximate surface area is 185 Å². The molecular formula is C29H20N2O.